The lowest BCUT2D eigenvalue weighted by molar-refractivity contribution is -0.0691. The average molecular weight is 647 g/mol. The monoisotopic (exact) mass is 646 g/mol. The molecule has 1 aliphatic carbocycles. The lowest BCUT2D eigenvalue weighted by atomic mass is 9.90. The van der Waals surface area contributed by atoms with Crippen LogP contribution in [0, 0.1) is 12.3 Å². The van der Waals surface area contributed by atoms with E-state index in [-0.39, 0.29) is 16.5 Å². The molecule has 0 bridgehead atoms. The summed E-state index contributed by atoms with van der Waals surface area (Å²) in [4.78, 5) is 41.3. The SMILES string of the molecule is Cc1c(-c2cc(Nc3ccc(N4CCN(C5COC5)C[C@@H]4C)cn3)c(=O)n(C)c2)ccnc1-n1ccn2c3c(cc2c1=O)CC(C)(C)C3. The molecule has 8 rings (SSSR count). The Labute approximate surface area is 279 Å². The maximum atomic E-state index is 13.8. The summed E-state index contributed by atoms with van der Waals surface area (Å²) in [7, 11) is 1.74. The van der Waals surface area contributed by atoms with E-state index in [9.17, 15) is 9.59 Å². The molecule has 5 aromatic rings. The van der Waals surface area contributed by atoms with E-state index in [1.165, 1.54) is 11.3 Å². The summed E-state index contributed by atoms with van der Waals surface area (Å²) < 4.78 is 10.6. The molecule has 0 saturated carbocycles. The number of fused-ring (bicyclic) bond motifs is 3. The van der Waals surface area contributed by atoms with E-state index < -0.39 is 0 Å². The predicted molar refractivity (Wildman–Crippen MR) is 188 cm³/mol. The zero-order valence-corrected chi connectivity index (χ0v) is 28.2. The Morgan fingerprint density at radius 1 is 1.00 bits per heavy atom. The molecule has 2 saturated heterocycles. The van der Waals surface area contributed by atoms with Gasteiger partial charge in [0.1, 0.15) is 22.8 Å². The summed E-state index contributed by atoms with van der Waals surface area (Å²) in [6, 6.07) is 10.7. The molecular weight excluding hydrogens is 604 g/mol. The summed E-state index contributed by atoms with van der Waals surface area (Å²) in [5.41, 5.74) is 7.13. The highest BCUT2D eigenvalue weighted by molar-refractivity contribution is 5.73. The van der Waals surface area contributed by atoms with E-state index in [0.29, 0.717) is 34.9 Å². The second kappa shape index (κ2) is 11.5. The Morgan fingerprint density at radius 2 is 1.83 bits per heavy atom. The number of ether oxygens (including phenoxy) is 1. The van der Waals surface area contributed by atoms with Crippen molar-refractivity contribution < 1.29 is 4.74 Å². The first-order valence-electron chi connectivity index (χ1n) is 16.8. The quantitative estimate of drug-likeness (QED) is 0.291. The van der Waals surface area contributed by atoms with Crippen molar-refractivity contribution in [3.63, 3.8) is 0 Å². The van der Waals surface area contributed by atoms with Crippen molar-refractivity contribution in [1.29, 1.82) is 0 Å². The minimum absolute atomic E-state index is 0.0981. The lowest BCUT2D eigenvalue weighted by Gasteiger charge is -2.46. The van der Waals surface area contributed by atoms with Crippen molar-refractivity contribution in [3.05, 3.63) is 98.8 Å². The fraction of sp³-hybridized carbons (Fsp3) is 0.405. The zero-order valence-electron chi connectivity index (χ0n) is 28.2. The van der Waals surface area contributed by atoms with Crippen LogP contribution in [0.4, 0.5) is 17.2 Å². The smallest absolute Gasteiger partial charge is 0.280 e. The highest BCUT2D eigenvalue weighted by atomic mass is 16.5. The third kappa shape index (κ3) is 5.21. The normalized spacial score (nSPS) is 19.4. The van der Waals surface area contributed by atoms with E-state index in [1.807, 2.05) is 60.4 Å². The van der Waals surface area contributed by atoms with E-state index >= 15 is 0 Å². The van der Waals surface area contributed by atoms with Crippen molar-refractivity contribution in [1.82, 2.24) is 28.4 Å². The Bertz CT molecular complexity index is 2160. The van der Waals surface area contributed by atoms with Gasteiger partial charge in [0.2, 0.25) is 0 Å². The van der Waals surface area contributed by atoms with E-state index in [4.69, 9.17) is 4.74 Å². The lowest BCUT2D eigenvalue weighted by Crippen LogP contribution is -2.59. The van der Waals surface area contributed by atoms with Gasteiger partial charge in [0.05, 0.1) is 31.1 Å². The molecule has 0 radical (unpaired) electrons. The van der Waals surface area contributed by atoms with Crippen molar-refractivity contribution in [2.24, 2.45) is 12.5 Å². The number of rotatable bonds is 6. The number of pyridine rings is 3. The van der Waals surface area contributed by atoms with Crippen molar-refractivity contribution >= 4 is 22.7 Å². The third-order valence-corrected chi connectivity index (χ3v) is 10.4. The Morgan fingerprint density at radius 3 is 2.56 bits per heavy atom. The number of nitrogens with zero attached hydrogens (tertiary/aromatic N) is 7. The van der Waals surface area contributed by atoms with Crippen molar-refractivity contribution in [3.8, 4) is 16.9 Å². The van der Waals surface area contributed by atoms with Gasteiger partial charge in [0.15, 0.2) is 0 Å². The Kier molecular flexibility index (Phi) is 7.30. The molecule has 0 aromatic carbocycles. The molecular formula is C37H42N8O3. The Hall–Kier alpha value is -4.74. The van der Waals surface area contributed by atoms with Gasteiger partial charge in [-0.2, -0.15) is 0 Å². The first-order valence-corrected chi connectivity index (χ1v) is 16.8. The van der Waals surface area contributed by atoms with Crippen LogP contribution < -0.4 is 21.3 Å². The minimum atomic E-state index is -0.160. The van der Waals surface area contributed by atoms with Gasteiger partial charge >= 0.3 is 0 Å². The van der Waals surface area contributed by atoms with Gasteiger partial charge in [0.25, 0.3) is 11.1 Å². The summed E-state index contributed by atoms with van der Waals surface area (Å²) in [5, 5.41) is 3.26. The standard InChI is InChI=1S/C37H42N8O3/c1-23-19-42(28-21-48-22-28)10-11-43(23)27-6-7-33(39-18-27)40-30-14-26(20-41(5)35(30)46)29-8-9-38-34(24(29)2)45-13-12-44-31(36(45)47)15-25-16-37(3,4)17-32(25)44/h6-9,12-15,18,20,23,28H,10-11,16-17,19,21-22H2,1-5H3,(H,39,40)/t23-/m0/s1. The molecule has 248 valence electrons. The van der Waals surface area contributed by atoms with Gasteiger partial charge in [0, 0.05) is 74.3 Å². The second-order valence-corrected chi connectivity index (χ2v) is 14.5. The molecule has 1 atom stereocenters. The van der Waals surface area contributed by atoms with E-state index in [0.717, 1.165) is 68.1 Å². The molecule has 5 aromatic heterocycles. The van der Waals surface area contributed by atoms with Crippen LogP contribution in [0.2, 0.25) is 0 Å². The van der Waals surface area contributed by atoms with Crippen LogP contribution in [0.1, 0.15) is 37.6 Å². The van der Waals surface area contributed by atoms with Crippen LogP contribution in [0.5, 0.6) is 0 Å². The van der Waals surface area contributed by atoms with Gasteiger partial charge < -0.3 is 23.9 Å². The number of aromatic nitrogens is 5. The Balaban J connectivity index is 1.06. The number of hydrogen-bond acceptors (Lipinski definition) is 8. The molecule has 2 aliphatic heterocycles. The van der Waals surface area contributed by atoms with Crippen molar-refractivity contribution in [2.45, 2.75) is 52.6 Å². The maximum Gasteiger partial charge on any atom is 0.280 e. The summed E-state index contributed by atoms with van der Waals surface area (Å²) in [6.45, 7) is 13.4. The van der Waals surface area contributed by atoms with Gasteiger partial charge in [-0.1, -0.05) is 13.8 Å². The van der Waals surface area contributed by atoms with Gasteiger partial charge in [-0.3, -0.25) is 19.1 Å². The molecule has 1 N–H and O–H groups in total. The molecule has 11 nitrogen and oxygen atoms in total. The van der Waals surface area contributed by atoms with Crippen LogP contribution in [0.3, 0.4) is 0 Å². The zero-order chi connectivity index (χ0) is 33.3. The van der Waals surface area contributed by atoms with Crippen LogP contribution in [-0.2, 0) is 24.6 Å². The van der Waals surface area contributed by atoms with Crippen molar-refractivity contribution in [2.75, 3.05) is 43.1 Å². The fourth-order valence-corrected chi connectivity index (χ4v) is 7.76. The fourth-order valence-electron chi connectivity index (χ4n) is 7.76. The number of aryl methyl sites for hydroxylation is 1. The van der Waals surface area contributed by atoms with E-state index in [2.05, 4.69) is 51.9 Å². The molecule has 2 fully saturated rings. The largest absolute Gasteiger partial charge is 0.378 e. The summed E-state index contributed by atoms with van der Waals surface area (Å²) in [6.07, 6.45) is 11.1. The molecule has 0 amide bonds. The van der Waals surface area contributed by atoms with Gasteiger partial charge in [-0.25, -0.2) is 9.97 Å². The van der Waals surface area contributed by atoms with Crippen LogP contribution in [0.15, 0.2) is 70.9 Å². The number of hydrogen-bond donors (Lipinski definition) is 1. The van der Waals surface area contributed by atoms with Crippen LogP contribution in [0.25, 0.3) is 22.5 Å². The third-order valence-electron chi connectivity index (χ3n) is 10.4. The molecule has 3 aliphatic rings. The molecule has 0 unspecified atom stereocenters. The minimum Gasteiger partial charge on any atom is -0.378 e. The topological polar surface area (TPSA) is 102 Å². The molecule has 0 spiro atoms. The summed E-state index contributed by atoms with van der Waals surface area (Å²) >= 11 is 0. The summed E-state index contributed by atoms with van der Waals surface area (Å²) in [5.74, 6) is 1.17. The van der Waals surface area contributed by atoms with Gasteiger partial charge in [-0.05, 0) is 73.6 Å². The van der Waals surface area contributed by atoms with Crippen LogP contribution in [-0.4, -0.2) is 73.3 Å². The van der Waals surface area contributed by atoms with Gasteiger partial charge in [-0.15, -0.1) is 0 Å². The predicted octanol–water partition coefficient (Wildman–Crippen LogP) is 4.33. The first-order chi connectivity index (χ1) is 23.1. The number of anilines is 3. The molecule has 7 heterocycles. The second-order valence-electron chi connectivity index (χ2n) is 14.5. The molecule has 11 heteroatoms. The first kappa shape index (κ1) is 30.6. The number of nitrogens with one attached hydrogen (secondary N) is 1. The molecule has 48 heavy (non-hydrogen) atoms. The van der Waals surface area contributed by atoms with E-state index in [1.54, 1.807) is 22.4 Å². The highest BCUT2D eigenvalue weighted by Gasteiger charge is 2.33. The number of piperazine rings is 1. The van der Waals surface area contributed by atoms with Crippen LogP contribution >= 0.6 is 0 Å². The maximum absolute atomic E-state index is 13.8. The highest BCUT2D eigenvalue weighted by Crippen LogP contribution is 2.37. The average Bonchev–Trinajstić information content (AvgIpc) is 3.52.